The highest BCUT2D eigenvalue weighted by Crippen LogP contribution is 2.29. The van der Waals surface area contributed by atoms with Gasteiger partial charge in [-0.2, -0.15) is 0 Å². The Morgan fingerprint density at radius 1 is 1.10 bits per heavy atom. The molecular formula is C14H20N2O5. The van der Waals surface area contributed by atoms with E-state index in [-0.39, 0.29) is 28.5 Å². The van der Waals surface area contributed by atoms with Gasteiger partial charge in [-0.15, -0.1) is 0 Å². The maximum Gasteiger partial charge on any atom is 0.339 e. The highest BCUT2D eigenvalue weighted by Gasteiger charge is 2.20. The first-order chi connectivity index (χ1) is 10.0. The molecule has 0 spiro atoms. The normalized spacial score (nSPS) is 10.0. The fourth-order valence-electron chi connectivity index (χ4n) is 1.81. The summed E-state index contributed by atoms with van der Waals surface area (Å²) in [7, 11) is 4.60. The summed E-state index contributed by atoms with van der Waals surface area (Å²) in [6.07, 6.45) is 0.770. The van der Waals surface area contributed by atoms with Crippen molar-refractivity contribution >= 4 is 11.9 Å². The minimum Gasteiger partial charge on any atom is -0.496 e. The van der Waals surface area contributed by atoms with Crippen molar-refractivity contribution in [1.29, 1.82) is 0 Å². The van der Waals surface area contributed by atoms with Crippen LogP contribution in [0.3, 0.4) is 0 Å². The van der Waals surface area contributed by atoms with Crippen LogP contribution in [0.2, 0.25) is 0 Å². The van der Waals surface area contributed by atoms with Crippen molar-refractivity contribution in [2.45, 2.75) is 6.42 Å². The van der Waals surface area contributed by atoms with Gasteiger partial charge in [0.25, 0.3) is 5.91 Å². The van der Waals surface area contributed by atoms with Crippen LogP contribution in [-0.2, 0) is 0 Å². The van der Waals surface area contributed by atoms with Gasteiger partial charge in [-0.3, -0.25) is 4.79 Å². The first-order valence-corrected chi connectivity index (χ1v) is 6.47. The molecule has 7 nitrogen and oxygen atoms in total. The Bertz CT molecular complexity index is 516. The molecule has 0 aromatic heterocycles. The lowest BCUT2D eigenvalue weighted by molar-refractivity contribution is 0.0693. The number of nitrogens with one attached hydrogen (secondary N) is 2. The largest absolute Gasteiger partial charge is 0.496 e. The SMILES string of the molecule is CNCCCNC(=O)c1cc(C(=O)O)c(OC)cc1OC. The van der Waals surface area contributed by atoms with E-state index in [0.29, 0.717) is 6.54 Å². The summed E-state index contributed by atoms with van der Waals surface area (Å²) in [4.78, 5) is 23.3. The quantitative estimate of drug-likeness (QED) is 0.612. The number of hydrogen-bond donors (Lipinski definition) is 3. The van der Waals surface area contributed by atoms with Crippen LogP contribution in [0.5, 0.6) is 11.5 Å². The fourth-order valence-corrected chi connectivity index (χ4v) is 1.81. The van der Waals surface area contributed by atoms with Crippen molar-refractivity contribution in [2.24, 2.45) is 0 Å². The highest BCUT2D eigenvalue weighted by atomic mass is 16.5. The molecule has 0 fully saturated rings. The van der Waals surface area contributed by atoms with E-state index >= 15 is 0 Å². The predicted octanol–water partition coefficient (Wildman–Crippen LogP) is 0.741. The van der Waals surface area contributed by atoms with Crippen molar-refractivity contribution < 1.29 is 24.2 Å². The predicted molar refractivity (Wildman–Crippen MR) is 77.4 cm³/mol. The highest BCUT2D eigenvalue weighted by molar-refractivity contribution is 6.01. The third kappa shape index (κ3) is 4.35. The molecule has 116 valence electrons. The molecule has 1 aromatic rings. The third-order valence-corrected chi connectivity index (χ3v) is 2.89. The second-order valence-corrected chi connectivity index (χ2v) is 4.27. The third-order valence-electron chi connectivity index (χ3n) is 2.89. The van der Waals surface area contributed by atoms with E-state index in [4.69, 9.17) is 14.6 Å². The Morgan fingerprint density at radius 2 is 1.71 bits per heavy atom. The monoisotopic (exact) mass is 296 g/mol. The first-order valence-electron chi connectivity index (χ1n) is 6.47. The lowest BCUT2D eigenvalue weighted by Crippen LogP contribution is -2.27. The van der Waals surface area contributed by atoms with E-state index in [9.17, 15) is 9.59 Å². The molecule has 0 unspecified atom stereocenters. The van der Waals surface area contributed by atoms with E-state index in [1.807, 2.05) is 7.05 Å². The van der Waals surface area contributed by atoms with E-state index < -0.39 is 5.97 Å². The lowest BCUT2D eigenvalue weighted by Gasteiger charge is -2.13. The number of rotatable bonds is 8. The number of carbonyl (C=O) groups excluding carboxylic acids is 1. The number of aromatic carboxylic acids is 1. The number of hydrogen-bond acceptors (Lipinski definition) is 5. The molecule has 0 aliphatic heterocycles. The smallest absolute Gasteiger partial charge is 0.339 e. The molecule has 7 heteroatoms. The Hall–Kier alpha value is -2.28. The maximum atomic E-state index is 12.1. The minimum atomic E-state index is -1.17. The molecule has 0 heterocycles. The number of carbonyl (C=O) groups is 2. The molecule has 1 amide bonds. The molecule has 0 bridgehead atoms. The number of benzene rings is 1. The number of carboxylic acids is 1. The van der Waals surface area contributed by atoms with Gasteiger partial charge in [0.05, 0.1) is 19.8 Å². The molecule has 1 aromatic carbocycles. The van der Waals surface area contributed by atoms with E-state index in [1.54, 1.807) is 0 Å². The molecule has 0 saturated carbocycles. The zero-order valence-corrected chi connectivity index (χ0v) is 12.4. The Morgan fingerprint density at radius 3 is 2.24 bits per heavy atom. The standard InChI is InChI=1S/C14H20N2O5/c1-15-5-4-6-16-13(17)9-7-10(14(18)19)12(21-3)8-11(9)20-2/h7-8,15H,4-6H2,1-3H3,(H,16,17)(H,18,19). The lowest BCUT2D eigenvalue weighted by atomic mass is 10.1. The van der Waals surface area contributed by atoms with Crippen LogP contribution >= 0.6 is 0 Å². The number of carboxylic acid groups (broad SMARTS) is 1. The van der Waals surface area contributed by atoms with Gasteiger partial charge >= 0.3 is 5.97 Å². The molecule has 0 saturated heterocycles. The van der Waals surface area contributed by atoms with Crippen LogP contribution in [0.15, 0.2) is 12.1 Å². The van der Waals surface area contributed by atoms with Crippen molar-refractivity contribution in [3.05, 3.63) is 23.3 Å². The molecule has 0 atom stereocenters. The molecule has 0 aliphatic carbocycles. The second kappa shape index (κ2) is 8.11. The summed E-state index contributed by atoms with van der Waals surface area (Å²) >= 11 is 0. The van der Waals surface area contributed by atoms with Gasteiger partial charge < -0.3 is 25.2 Å². The topological polar surface area (TPSA) is 96.9 Å². The minimum absolute atomic E-state index is 0.0846. The molecular weight excluding hydrogens is 276 g/mol. The summed E-state index contributed by atoms with van der Waals surface area (Å²) < 4.78 is 10.1. The van der Waals surface area contributed by atoms with Crippen molar-refractivity contribution in [1.82, 2.24) is 10.6 Å². The number of amides is 1. The zero-order chi connectivity index (χ0) is 15.8. The van der Waals surface area contributed by atoms with Crippen LogP contribution in [-0.4, -0.2) is 51.3 Å². The van der Waals surface area contributed by atoms with Crippen LogP contribution in [0, 0.1) is 0 Å². The Balaban J connectivity index is 3.01. The molecule has 3 N–H and O–H groups in total. The average Bonchev–Trinajstić information content (AvgIpc) is 2.49. The van der Waals surface area contributed by atoms with Crippen molar-refractivity contribution in [3.63, 3.8) is 0 Å². The van der Waals surface area contributed by atoms with Crippen LogP contribution < -0.4 is 20.1 Å². The van der Waals surface area contributed by atoms with Gasteiger partial charge in [0, 0.05) is 12.6 Å². The summed E-state index contributed by atoms with van der Waals surface area (Å²) in [6, 6.07) is 2.65. The second-order valence-electron chi connectivity index (χ2n) is 4.27. The van der Waals surface area contributed by atoms with Gasteiger partial charge in [-0.1, -0.05) is 0 Å². The maximum absolute atomic E-state index is 12.1. The van der Waals surface area contributed by atoms with E-state index in [0.717, 1.165) is 13.0 Å². The summed E-state index contributed by atoms with van der Waals surface area (Å²) in [5.41, 5.74) is 0.0823. The van der Waals surface area contributed by atoms with Gasteiger partial charge in [0.15, 0.2) is 0 Å². The zero-order valence-electron chi connectivity index (χ0n) is 12.4. The van der Waals surface area contributed by atoms with E-state index in [1.165, 1.54) is 26.4 Å². The van der Waals surface area contributed by atoms with Crippen molar-refractivity contribution in [3.8, 4) is 11.5 Å². The van der Waals surface area contributed by atoms with Crippen LogP contribution in [0.4, 0.5) is 0 Å². The number of ether oxygens (including phenoxy) is 2. The van der Waals surface area contributed by atoms with Crippen LogP contribution in [0.1, 0.15) is 27.1 Å². The van der Waals surface area contributed by atoms with Crippen molar-refractivity contribution in [2.75, 3.05) is 34.4 Å². The first kappa shape index (κ1) is 16.8. The molecule has 21 heavy (non-hydrogen) atoms. The molecule has 0 aliphatic rings. The Labute approximate surface area is 123 Å². The average molecular weight is 296 g/mol. The fraction of sp³-hybridized carbons (Fsp3) is 0.429. The summed E-state index contributed by atoms with van der Waals surface area (Å²) in [5.74, 6) is -1.14. The molecule has 0 radical (unpaired) electrons. The number of methoxy groups -OCH3 is 2. The van der Waals surface area contributed by atoms with Crippen LogP contribution in [0.25, 0.3) is 0 Å². The summed E-state index contributed by atoms with van der Waals surface area (Å²) in [5, 5.41) is 14.8. The van der Waals surface area contributed by atoms with Gasteiger partial charge in [-0.25, -0.2) is 4.79 Å². The van der Waals surface area contributed by atoms with E-state index in [2.05, 4.69) is 10.6 Å². The van der Waals surface area contributed by atoms with Gasteiger partial charge in [-0.05, 0) is 26.1 Å². The molecule has 1 rings (SSSR count). The van der Waals surface area contributed by atoms with Gasteiger partial charge in [0.1, 0.15) is 17.1 Å². The Kier molecular flexibility index (Phi) is 6.48. The van der Waals surface area contributed by atoms with Gasteiger partial charge in [0.2, 0.25) is 0 Å². The summed E-state index contributed by atoms with van der Waals surface area (Å²) in [6.45, 7) is 1.26.